The molecule has 9 nitrogen and oxygen atoms in total. The lowest BCUT2D eigenvalue weighted by Crippen LogP contribution is -2.31. The van der Waals surface area contributed by atoms with Crippen LogP contribution in [-0.2, 0) is 6.54 Å². The van der Waals surface area contributed by atoms with Crippen LogP contribution in [0.5, 0.6) is 5.75 Å². The van der Waals surface area contributed by atoms with E-state index in [0.717, 1.165) is 5.56 Å². The van der Waals surface area contributed by atoms with Crippen LogP contribution in [0.25, 0.3) is 11.4 Å². The van der Waals surface area contributed by atoms with Crippen LogP contribution in [-0.4, -0.2) is 39.5 Å². The van der Waals surface area contributed by atoms with E-state index in [-0.39, 0.29) is 36.1 Å². The maximum absolute atomic E-state index is 13.0. The molecule has 0 bridgehead atoms. The number of methoxy groups -OCH3 is 1. The van der Waals surface area contributed by atoms with Crippen LogP contribution < -0.4 is 4.74 Å². The van der Waals surface area contributed by atoms with Gasteiger partial charge in [-0.15, -0.1) is 6.58 Å². The van der Waals surface area contributed by atoms with Gasteiger partial charge in [-0.1, -0.05) is 17.3 Å². The van der Waals surface area contributed by atoms with Crippen molar-refractivity contribution in [2.24, 2.45) is 0 Å². The van der Waals surface area contributed by atoms with Crippen molar-refractivity contribution in [2.75, 3.05) is 13.7 Å². The first-order valence-electron chi connectivity index (χ1n) is 9.05. The Hall–Kier alpha value is -4.01. The maximum atomic E-state index is 13.0. The second-order valence-electron chi connectivity index (χ2n) is 6.42. The Balaban J connectivity index is 1.83. The molecule has 9 heteroatoms. The van der Waals surface area contributed by atoms with Gasteiger partial charge >= 0.3 is 0 Å². The summed E-state index contributed by atoms with van der Waals surface area (Å²) >= 11 is 0. The third-order valence-electron chi connectivity index (χ3n) is 4.51. The van der Waals surface area contributed by atoms with E-state index in [4.69, 9.17) is 9.26 Å². The number of benzene rings is 2. The zero-order valence-electron chi connectivity index (χ0n) is 16.6. The molecule has 3 rings (SSSR count). The topological polar surface area (TPSA) is 112 Å². The fourth-order valence-corrected chi connectivity index (χ4v) is 2.94. The van der Waals surface area contributed by atoms with E-state index < -0.39 is 4.92 Å². The summed E-state index contributed by atoms with van der Waals surface area (Å²) in [6, 6.07) is 11.6. The fourth-order valence-electron chi connectivity index (χ4n) is 2.94. The van der Waals surface area contributed by atoms with Crippen molar-refractivity contribution in [3.05, 3.63) is 82.3 Å². The molecule has 0 atom stereocenters. The second kappa shape index (κ2) is 8.99. The van der Waals surface area contributed by atoms with Gasteiger partial charge in [0.05, 0.1) is 12.0 Å². The Labute approximate surface area is 172 Å². The van der Waals surface area contributed by atoms with E-state index in [0.29, 0.717) is 17.1 Å². The van der Waals surface area contributed by atoms with Gasteiger partial charge in [-0.05, 0) is 37.3 Å². The molecule has 0 N–H and O–H groups in total. The molecule has 0 unspecified atom stereocenters. The Morgan fingerprint density at radius 2 is 2.03 bits per heavy atom. The van der Waals surface area contributed by atoms with Crippen molar-refractivity contribution in [1.82, 2.24) is 15.0 Å². The van der Waals surface area contributed by atoms with Crippen LogP contribution in [0.4, 0.5) is 5.69 Å². The first-order valence-corrected chi connectivity index (χ1v) is 9.05. The number of nitro benzene ring substituents is 1. The number of hydrogen-bond acceptors (Lipinski definition) is 7. The third kappa shape index (κ3) is 4.35. The molecule has 0 aliphatic heterocycles. The molecule has 0 spiro atoms. The number of ether oxygens (including phenoxy) is 1. The Morgan fingerprint density at radius 3 is 2.67 bits per heavy atom. The number of hydrogen-bond donors (Lipinski definition) is 0. The van der Waals surface area contributed by atoms with Gasteiger partial charge < -0.3 is 14.2 Å². The van der Waals surface area contributed by atoms with Crippen LogP contribution >= 0.6 is 0 Å². The number of nitrogens with zero attached hydrogens (tertiary/aromatic N) is 4. The average Bonchev–Trinajstić information content (AvgIpc) is 3.21. The molecule has 0 radical (unpaired) electrons. The Bertz CT molecular complexity index is 1080. The van der Waals surface area contributed by atoms with Gasteiger partial charge in [-0.2, -0.15) is 4.98 Å². The van der Waals surface area contributed by atoms with Gasteiger partial charge in [-0.3, -0.25) is 14.9 Å². The van der Waals surface area contributed by atoms with Crippen LogP contribution in [0.1, 0.15) is 21.8 Å². The molecule has 30 heavy (non-hydrogen) atoms. The highest BCUT2D eigenvalue weighted by molar-refractivity contribution is 5.96. The Kier molecular flexibility index (Phi) is 6.21. The van der Waals surface area contributed by atoms with Crippen molar-refractivity contribution in [3.63, 3.8) is 0 Å². The summed E-state index contributed by atoms with van der Waals surface area (Å²) in [6.07, 6.45) is 1.56. The van der Waals surface area contributed by atoms with E-state index in [1.54, 1.807) is 50.4 Å². The summed E-state index contributed by atoms with van der Waals surface area (Å²) < 4.78 is 10.4. The minimum absolute atomic E-state index is 0.0378. The van der Waals surface area contributed by atoms with E-state index >= 15 is 0 Å². The van der Waals surface area contributed by atoms with E-state index in [1.807, 2.05) is 0 Å². The van der Waals surface area contributed by atoms with Crippen molar-refractivity contribution in [3.8, 4) is 17.1 Å². The second-order valence-corrected chi connectivity index (χ2v) is 6.42. The smallest absolute Gasteiger partial charge is 0.273 e. The molecule has 0 fully saturated rings. The third-order valence-corrected chi connectivity index (χ3v) is 4.51. The van der Waals surface area contributed by atoms with Gasteiger partial charge in [0.1, 0.15) is 12.3 Å². The van der Waals surface area contributed by atoms with Crippen LogP contribution in [0.15, 0.2) is 59.6 Å². The van der Waals surface area contributed by atoms with Crippen molar-refractivity contribution in [2.45, 2.75) is 13.5 Å². The van der Waals surface area contributed by atoms with Gasteiger partial charge in [0, 0.05) is 29.3 Å². The SMILES string of the molecule is C=CCN(Cc1nc(-c2ccc(OC)cc2)no1)C(=O)c1cccc([N+](=O)[O-])c1C. The van der Waals surface area contributed by atoms with E-state index in [2.05, 4.69) is 16.7 Å². The van der Waals surface area contributed by atoms with Gasteiger partial charge in [-0.25, -0.2) is 0 Å². The first kappa shape index (κ1) is 20.7. The molecule has 0 saturated heterocycles. The highest BCUT2D eigenvalue weighted by Crippen LogP contribution is 2.24. The lowest BCUT2D eigenvalue weighted by atomic mass is 10.1. The Morgan fingerprint density at radius 1 is 1.30 bits per heavy atom. The molecule has 1 amide bonds. The van der Waals surface area contributed by atoms with Gasteiger partial charge in [0.15, 0.2) is 0 Å². The summed E-state index contributed by atoms with van der Waals surface area (Å²) in [5, 5.41) is 15.1. The maximum Gasteiger partial charge on any atom is 0.273 e. The number of aromatic nitrogens is 2. The van der Waals surface area contributed by atoms with Gasteiger partial charge in [0.25, 0.3) is 11.6 Å². The largest absolute Gasteiger partial charge is 0.497 e. The minimum Gasteiger partial charge on any atom is -0.497 e. The lowest BCUT2D eigenvalue weighted by molar-refractivity contribution is -0.385. The molecular formula is C21H20N4O5. The minimum atomic E-state index is -0.511. The highest BCUT2D eigenvalue weighted by atomic mass is 16.6. The predicted octanol–water partition coefficient (Wildman–Crippen LogP) is 3.79. The number of carbonyl (C=O) groups is 1. The standard InChI is InChI=1S/C21H20N4O5/c1-4-12-24(21(26)17-6-5-7-18(14(17)2)25(27)28)13-19-22-20(23-30-19)15-8-10-16(29-3)11-9-15/h4-11H,1,12-13H2,2-3H3. The molecular weight excluding hydrogens is 388 g/mol. The van der Waals surface area contributed by atoms with E-state index in [1.165, 1.54) is 17.0 Å². The summed E-state index contributed by atoms with van der Waals surface area (Å²) in [5.41, 5.74) is 1.16. The zero-order chi connectivity index (χ0) is 21.7. The molecule has 1 heterocycles. The first-order chi connectivity index (χ1) is 14.4. The molecule has 154 valence electrons. The molecule has 2 aromatic carbocycles. The van der Waals surface area contributed by atoms with Crippen LogP contribution in [0.2, 0.25) is 0 Å². The zero-order valence-corrected chi connectivity index (χ0v) is 16.6. The summed E-state index contributed by atoms with van der Waals surface area (Å²) in [6.45, 7) is 5.47. The van der Waals surface area contributed by atoms with Crippen molar-refractivity contribution < 1.29 is 19.0 Å². The number of carbonyl (C=O) groups excluding carboxylic acids is 1. The van der Waals surface area contributed by atoms with E-state index in [9.17, 15) is 14.9 Å². The lowest BCUT2D eigenvalue weighted by Gasteiger charge is -2.20. The quantitative estimate of drug-likeness (QED) is 0.317. The number of rotatable bonds is 8. The van der Waals surface area contributed by atoms with Gasteiger partial charge in [0.2, 0.25) is 11.7 Å². The average molecular weight is 408 g/mol. The molecule has 0 saturated carbocycles. The molecule has 3 aromatic rings. The molecule has 0 aliphatic carbocycles. The summed E-state index contributed by atoms with van der Waals surface area (Å²) in [7, 11) is 1.58. The normalized spacial score (nSPS) is 10.5. The van der Waals surface area contributed by atoms with Crippen molar-refractivity contribution >= 4 is 11.6 Å². The van der Waals surface area contributed by atoms with Crippen molar-refractivity contribution in [1.29, 1.82) is 0 Å². The monoisotopic (exact) mass is 408 g/mol. The summed E-state index contributed by atoms with van der Waals surface area (Å²) in [4.78, 5) is 29.5. The van der Waals surface area contributed by atoms with Crippen LogP contribution in [0.3, 0.4) is 0 Å². The van der Waals surface area contributed by atoms with Crippen LogP contribution in [0, 0.1) is 17.0 Å². The number of amides is 1. The molecule has 1 aromatic heterocycles. The predicted molar refractivity (Wildman–Crippen MR) is 109 cm³/mol. The highest BCUT2D eigenvalue weighted by Gasteiger charge is 2.23. The summed E-state index contributed by atoms with van der Waals surface area (Å²) in [5.74, 6) is 0.933. The number of nitro groups is 1. The fraction of sp³-hybridized carbons (Fsp3) is 0.190. The molecule has 0 aliphatic rings.